The second-order valence-corrected chi connectivity index (χ2v) is 6.36. The number of rotatable bonds is 5. The Hall–Kier alpha value is -3.33. The highest BCUT2D eigenvalue weighted by atomic mass is 16.5. The van der Waals surface area contributed by atoms with Crippen molar-refractivity contribution in [3.63, 3.8) is 0 Å². The minimum Gasteiger partial charge on any atom is -0.493 e. The van der Waals surface area contributed by atoms with Crippen LogP contribution in [0, 0.1) is 17.2 Å². The van der Waals surface area contributed by atoms with Crippen molar-refractivity contribution in [3.8, 4) is 11.8 Å². The standard InChI is InChI=1S/C21H20N2O4/c1-2-26-20(24)10-15-9-17-11-16(5-8-19(17)27-13-15)21(25)23-18-6-3-14(12-22)4-7-18/h3-8,11,15H,2,9-10,13H2,1H3,(H,23,25). The van der Waals surface area contributed by atoms with Gasteiger partial charge in [-0.05, 0) is 61.4 Å². The molecule has 0 aliphatic carbocycles. The maximum atomic E-state index is 12.5. The largest absolute Gasteiger partial charge is 0.493 e. The zero-order valence-electron chi connectivity index (χ0n) is 15.0. The SMILES string of the molecule is CCOC(=O)CC1COc2ccc(C(=O)Nc3ccc(C#N)cc3)cc2C1. The van der Waals surface area contributed by atoms with Gasteiger partial charge in [-0.1, -0.05) is 0 Å². The molecule has 1 N–H and O–H groups in total. The van der Waals surface area contributed by atoms with Gasteiger partial charge < -0.3 is 14.8 Å². The fourth-order valence-electron chi connectivity index (χ4n) is 3.02. The van der Waals surface area contributed by atoms with Crippen LogP contribution in [0.25, 0.3) is 0 Å². The Kier molecular flexibility index (Phi) is 5.72. The van der Waals surface area contributed by atoms with Gasteiger partial charge in [0.05, 0.1) is 31.3 Å². The van der Waals surface area contributed by atoms with E-state index in [-0.39, 0.29) is 17.8 Å². The van der Waals surface area contributed by atoms with Crippen LogP contribution >= 0.6 is 0 Å². The molecule has 1 heterocycles. The van der Waals surface area contributed by atoms with E-state index in [0.29, 0.717) is 42.9 Å². The third-order valence-corrected chi connectivity index (χ3v) is 4.34. The summed E-state index contributed by atoms with van der Waals surface area (Å²) in [6, 6.07) is 14.0. The number of benzene rings is 2. The molecule has 0 bridgehead atoms. The van der Waals surface area contributed by atoms with Crippen molar-refractivity contribution in [1.29, 1.82) is 5.26 Å². The lowest BCUT2D eigenvalue weighted by molar-refractivity contribution is -0.144. The first-order valence-corrected chi connectivity index (χ1v) is 8.82. The molecule has 6 heteroatoms. The van der Waals surface area contributed by atoms with E-state index in [1.54, 1.807) is 49.4 Å². The van der Waals surface area contributed by atoms with Crippen LogP contribution in [0.5, 0.6) is 5.75 Å². The fraction of sp³-hybridized carbons (Fsp3) is 0.286. The Morgan fingerprint density at radius 1 is 1.26 bits per heavy atom. The number of ether oxygens (including phenoxy) is 2. The number of anilines is 1. The summed E-state index contributed by atoms with van der Waals surface area (Å²) in [4.78, 5) is 24.2. The minimum atomic E-state index is -0.241. The summed E-state index contributed by atoms with van der Waals surface area (Å²) >= 11 is 0. The molecule has 1 unspecified atom stereocenters. The Bertz CT molecular complexity index is 884. The van der Waals surface area contributed by atoms with Crippen molar-refractivity contribution in [2.45, 2.75) is 19.8 Å². The molecule has 0 spiro atoms. The normalized spacial score (nSPS) is 15.0. The monoisotopic (exact) mass is 364 g/mol. The molecule has 0 saturated carbocycles. The van der Waals surface area contributed by atoms with Gasteiger partial charge in [0, 0.05) is 17.2 Å². The van der Waals surface area contributed by atoms with E-state index in [4.69, 9.17) is 14.7 Å². The summed E-state index contributed by atoms with van der Waals surface area (Å²) < 4.78 is 10.7. The number of nitrogens with one attached hydrogen (secondary N) is 1. The molecule has 1 aliphatic heterocycles. The van der Waals surface area contributed by atoms with Crippen LogP contribution < -0.4 is 10.1 Å². The highest BCUT2D eigenvalue weighted by Crippen LogP contribution is 2.30. The van der Waals surface area contributed by atoms with Crippen molar-refractivity contribution in [2.24, 2.45) is 5.92 Å². The van der Waals surface area contributed by atoms with E-state index in [2.05, 4.69) is 5.32 Å². The highest BCUT2D eigenvalue weighted by Gasteiger charge is 2.24. The van der Waals surface area contributed by atoms with Gasteiger partial charge >= 0.3 is 5.97 Å². The van der Waals surface area contributed by atoms with Gasteiger partial charge in [-0.2, -0.15) is 5.26 Å². The number of nitriles is 1. The topological polar surface area (TPSA) is 88.4 Å². The van der Waals surface area contributed by atoms with Crippen LogP contribution in [-0.4, -0.2) is 25.1 Å². The average Bonchev–Trinajstić information content (AvgIpc) is 2.68. The first-order valence-electron chi connectivity index (χ1n) is 8.82. The Labute approximate surface area is 157 Å². The predicted molar refractivity (Wildman–Crippen MR) is 99.5 cm³/mol. The lowest BCUT2D eigenvalue weighted by Crippen LogP contribution is -2.25. The van der Waals surface area contributed by atoms with Gasteiger partial charge in [0.25, 0.3) is 5.91 Å². The Morgan fingerprint density at radius 3 is 2.74 bits per heavy atom. The number of carbonyl (C=O) groups excluding carboxylic acids is 2. The molecule has 0 fully saturated rings. The molecule has 27 heavy (non-hydrogen) atoms. The van der Waals surface area contributed by atoms with Gasteiger partial charge in [-0.25, -0.2) is 0 Å². The van der Waals surface area contributed by atoms with Crippen LogP contribution in [0.15, 0.2) is 42.5 Å². The molecular weight excluding hydrogens is 344 g/mol. The van der Waals surface area contributed by atoms with Crippen LogP contribution in [0.3, 0.4) is 0 Å². The van der Waals surface area contributed by atoms with Crippen molar-refractivity contribution in [1.82, 2.24) is 0 Å². The van der Waals surface area contributed by atoms with Crippen LogP contribution in [0.2, 0.25) is 0 Å². The lowest BCUT2D eigenvalue weighted by atomic mass is 9.93. The Balaban J connectivity index is 1.68. The van der Waals surface area contributed by atoms with Gasteiger partial charge in [-0.3, -0.25) is 9.59 Å². The second-order valence-electron chi connectivity index (χ2n) is 6.36. The predicted octanol–water partition coefficient (Wildman–Crippen LogP) is 3.31. The molecule has 138 valence electrons. The molecule has 2 aromatic carbocycles. The minimum absolute atomic E-state index is 0.0355. The zero-order valence-corrected chi connectivity index (χ0v) is 15.0. The maximum absolute atomic E-state index is 12.5. The number of hydrogen-bond acceptors (Lipinski definition) is 5. The number of amides is 1. The molecular formula is C21H20N2O4. The fourth-order valence-corrected chi connectivity index (χ4v) is 3.02. The first kappa shape index (κ1) is 18.5. The van der Waals surface area contributed by atoms with E-state index in [0.717, 1.165) is 11.3 Å². The summed E-state index contributed by atoms with van der Waals surface area (Å²) in [6.07, 6.45) is 0.959. The molecule has 1 amide bonds. The van der Waals surface area contributed by atoms with Crippen molar-refractivity contribution >= 4 is 17.6 Å². The number of esters is 1. The zero-order chi connectivity index (χ0) is 19.2. The average molecular weight is 364 g/mol. The molecule has 3 rings (SSSR count). The molecule has 0 radical (unpaired) electrons. The number of carbonyl (C=O) groups is 2. The van der Waals surface area contributed by atoms with E-state index in [9.17, 15) is 9.59 Å². The third kappa shape index (κ3) is 4.64. The lowest BCUT2D eigenvalue weighted by Gasteiger charge is -2.25. The molecule has 0 aromatic heterocycles. The van der Waals surface area contributed by atoms with Gasteiger partial charge in [0.2, 0.25) is 0 Å². The van der Waals surface area contributed by atoms with Crippen molar-refractivity contribution < 1.29 is 19.1 Å². The van der Waals surface area contributed by atoms with Gasteiger partial charge in [-0.15, -0.1) is 0 Å². The molecule has 1 aliphatic rings. The van der Waals surface area contributed by atoms with Crippen molar-refractivity contribution in [3.05, 3.63) is 59.2 Å². The summed E-state index contributed by atoms with van der Waals surface area (Å²) in [5, 5.41) is 11.6. The Morgan fingerprint density at radius 2 is 2.04 bits per heavy atom. The summed E-state index contributed by atoms with van der Waals surface area (Å²) in [5.74, 6) is 0.303. The smallest absolute Gasteiger partial charge is 0.306 e. The van der Waals surface area contributed by atoms with E-state index < -0.39 is 0 Å². The molecule has 2 aromatic rings. The van der Waals surface area contributed by atoms with E-state index in [1.165, 1.54) is 0 Å². The second kappa shape index (κ2) is 8.37. The first-order chi connectivity index (χ1) is 13.1. The number of hydrogen-bond donors (Lipinski definition) is 1. The van der Waals surface area contributed by atoms with Crippen LogP contribution in [-0.2, 0) is 16.0 Å². The number of fused-ring (bicyclic) bond motifs is 1. The van der Waals surface area contributed by atoms with E-state index in [1.807, 2.05) is 6.07 Å². The van der Waals surface area contributed by atoms with Gasteiger partial charge in [0.1, 0.15) is 5.75 Å². The van der Waals surface area contributed by atoms with Crippen LogP contribution in [0.4, 0.5) is 5.69 Å². The summed E-state index contributed by atoms with van der Waals surface area (Å²) in [7, 11) is 0. The number of nitrogens with zero attached hydrogens (tertiary/aromatic N) is 1. The summed E-state index contributed by atoms with van der Waals surface area (Å²) in [6.45, 7) is 2.61. The molecule has 1 atom stereocenters. The quantitative estimate of drug-likeness (QED) is 0.822. The molecule has 0 saturated heterocycles. The van der Waals surface area contributed by atoms with Crippen LogP contribution in [0.1, 0.15) is 34.8 Å². The van der Waals surface area contributed by atoms with Gasteiger partial charge in [0.15, 0.2) is 0 Å². The van der Waals surface area contributed by atoms with Crippen molar-refractivity contribution in [2.75, 3.05) is 18.5 Å². The molecule has 6 nitrogen and oxygen atoms in total. The van der Waals surface area contributed by atoms with E-state index >= 15 is 0 Å². The highest BCUT2D eigenvalue weighted by molar-refractivity contribution is 6.04. The third-order valence-electron chi connectivity index (χ3n) is 4.34. The summed E-state index contributed by atoms with van der Waals surface area (Å²) in [5.41, 5.74) is 2.57. The maximum Gasteiger partial charge on any atom is 0.306 e.